The molecule has 1 aromatic heterocycles. The second-order valence-corrected chi connectivity index (χ2v) is 3.95. The zero-order valence-electron chi connectivity index (χ0n) is 9.90. The van der Waals surface area contributed by atoms with Crippen molar-refractivity contribution in [1.82, 2.24) is 15.6 Å². The molecular weight excluding hydrogens is 230 g/mol. The van der Waals surface area contributed by atoms with Crippen molar-refractivity contribution in [2.45, 2.75) is 6.42 Å². The van der Waals surface area contributed by atoms with Gasteiger partial charge in [0.2, 0.25) is 6.41 Å². The predicted molar refractivity (Wildman–Crippen MR) is 69.3 cm³/mol. The molecule has 3 N–H and O–H groups in total. The topological polar surface area (TPSA) is 74.0 Å². The van der Waals surface area contributed by atoms with E-state index in [1.165, 1.54) is 0 Å². The van der Waals surface area contributed by atoms with Gasteiger partial charge in [0.1, 0.15) is 5.69 Å². The number of H-pyrrole nitrogens is 1. The summed E-state index contributed by atoms with van der Waals surface area (Å²) in [6, 6.07) is 9.57. The lowest BCUT2D eigenvalue weighted by atomic mass is 10.2. The second-order valence-electron chi connectivity index (χ2n) is 3.95. The maximum atomic E-state index is 11.8. The van der Waals surface area contributed by atoms with Crippen LogP contribution in [0.3, 0.4) is 0 Å². The van der Waals surface area contributed by atoms with Gasteiger partial charge in [0.05, 0.1) is 0 Å². The molecule has 1 aromatic carbocycles. The van der Waals surface area contributed by atoms with Crippen LogP contribution in [0.4, 0.5) is 0 Å². The fourth-order valence-corrected chi connectivity index (χ4v) is 1.74. The molecule has 18 heavy (non-hydrogen) atoms. The van der Waals surface area contributed by atoms with Crippen molar-refractivity contribution in [1.29, 1.82) is 0 Å². The van der Waals surface area contributed by atoms with E-state index in [1.54, 1.807) is 0 Å². The molecule has 94 valence electrons. The first kappa shape index (κ1) is 12.2. The number of hydrogen-bond donors (Lipinski definition) is 3. The molecular formula is C13H15N3O2. The highest BCUT2D eigenvalue weighted by molar-refractivity contribution is 5.97. The van der Waals surface area contributed by atoms with E-state index in [1.807, 2.05) is 30.3 Å². The summed E-state index contributed by atoms with van der Waals surface area (Å²) >= 11 is 0. The van der Waals surface area contributed by atoms with Crippen LogP contribution in [0.25, 0.3) is 10.9 Å². The molecule has 2 aromatic rings. The Morgan fingerprint density at radius 1 is 1.28 bits per heavy atom. The summed E-state index contributed by atoms with van der Waals surface area (Å²) < 4.78 is 0. The Kier molecular flexibility index (Phi) is 3.96. The highest BCUT2D eigenvalue weighted by atomic mass is 16.2. The third kappa shape index (κ3) is 2.88. The van der Waals surface area contributed by atoms with Crippen LogP contribution >= 0.6 is 0 Å². The Hall–Kier alpha value is -2.30. The fraction of sp³-hybridized carbons (Fsp3) is 0.231. The molecule has 0 aliphatic carbocycles. The van der Waals surface area contributed by atoms with Gasteiger partial charge in [-0.2, -0.15) is 0 Å². The number of para-hydroxylation sites is 1. The lowest BCUT2D eigenvalue weighted by Gasteiger charge is -2.02. The summed E-state index contributed by atoms with van der Waals surface area (Å²) in [5.74, 6) is -0.127. The molecule has 0 unspecified atom stereocenters. The van der Waals surface area contributed by atoms with E-state index < -0.39 is 0 Å². The van der Waals surface area contributed by atoms with E-state index in [4.69, 9.17) is 0 Å². The molecule has 2 amide bonds. The molecule has 0 saturated carbocycles. The van der Waals surface area contributed by atoms with Crippen molar-refractivity contribution in [3.63, 3.8) is 0 Å². The van der Waals surface area contributed by atoms with Gasteiger partial charge in [0, 0.05) is 24.0 Å². The second kappa shape index (κ2) is 5.86. The summed E-state index contributed by atoms with van der Waals surface area (Å²) in [7, 11) is 0. The Labute approximate surface area is 105 Å². The Morgan fingerprint density at radius 3 is 2.89 bits per heavy atom. The molecule has 0 fully saturated rings. The van der Waals surface area contributed by atoms with Gasteiger partial charge < -0.3 is 15.6 Å². The van der Waals surface area contributed by atoms with Crippen molar-refractivity contribution in [2.75, 3.05) is 13.1 Å². The van der Waals surface area contributed by atoms with Gasteiger partial charge in [-0.15, -0.1) is 0 Å². The molecule has 0 aliphatic rings. The lowest BCUT2D eigenvalue weighted by Crippen LogP contribution is -2.27. The van der Waals surface area contributed by atoms with Gasteiger partial charge in [-0.1, -0.05) is 18.2 Å². The van der Waals surface area contributed by atoms with E-state index >= 15 is 0 Å². The van der Waals surface area contributed by atoms with Gasteiger partial charge in [0.25, 0.3) is 5.91 Å². The Balaban J connectivity index is 1.90. The standard InChI is InChI=1S/C13H15N3O2/c17-9-14-6-3-7-15-13(18)12-8-10-4-1-2-5-11(10)16-12/h1-2,4-5,8-9,16H,3,6-7H2,(H,14,17)(H,15,18). The van der Waals surface area contributed by atoms with E-state index in [0.29, 0.717) is 31.6 Å². The number of fused-ring (bicyclic) bond motifs is 1. The van der Waals surface area contributed by atoms with E-state index in [9.17, 15) is 9.59 Å². The van der Waals surface area contributed by atoms with Crippen molar-refractivity contribution >= 4 is 23.2 Å². The lowest BCUT2D eigenvalue weighted by molar-refractivity contribution is -0.109. The summed E-state index contributed by atoms with van der Waals surface area (Å²) in [6.07, 6.45) is 1.37. The number of aromatic nitrogens is 1. The molecule has 0 spiro atoms. The first-order chi connectivity index (χ1) is 8.81. The largest absolute Gasteiger partial charge is 0.359 e. The number of hydrogen-bond acceptors (Lipinski definition) is 2. The summed E-state index contributed by atoms with van der Waals surface area (Å²) in [5, 5.41) is 6.36. The normalized spacial score (nSPS) is 10.2. The first-order valence-corrected chi connectivity index (χ1v) is 5.84. The third-order valence-electron chi connectivity index (χ3n) is 2.64. The van der Waals surface area contributed by atoms with Gasteiger partial charge in [-0.3, -0.25) is 9.59 Å². The minimum Gasteiger partial charge on any atom is -0.359 e. The van der Waals surface area contributed by atoms with Crippen molar-refractivity contribution < 1.29 is 9.59 Å². The maximum absolute atomic E-state index is 11.8. The molecule has 5 heteroatoms. The molecule has 5 nitrogen and oxygen atoms in total. The maximum Gasteiger partial charge on any atom is 0.267 e. The fourth-order valence-electron chi connectivity index (χ4n) is 1.74. The van der Waals surface area contributed by atoms with E-state index in [0.717, 1.165) is 10.9 Å². The number of aromatic amines is 1. The Morgan fingerprint density at radius 2 is 2.11 bits per heavy atom. The van der Waals surface area contributed by atoms with Crippen LogP contribution in [-0.2, 0) is 4.79 Å². The Bertz CT molecular complexity index is 515. The minimum absolute atomic E-state index is 0.127. The number of benzene rings is 1. The van der Waals surface area contributed by atoms with Crippen molar-refractivity contribution in [2.24, 2.45) is 0 Å². The van der Waals surface area contributed by atoms with Crippen LogP contribution in [-0.4, -0.2) is 30.4 Å². The molecule has 0 atom stereocenters. The highest BCUT2D eigenvalue weighted by Gasteiger charge is 2.07. The zero-order chi connectivity index (χ0) is 12.8. The quantitative estimate of drug-likeness (QED) is 0.525. The minimum atomic E-state index is -0.127. The van der Waals surface area contributed by atoms with Crippen LogP contribution in [0.1, 0.15) is 16.9 Å². The smallest absolute Gasteiger partial charge is 0.267 e. The number of rotatable bonds is 6. The van der Waals surface area contributed by atoms with Crippen LogP contribution in [0.15, 0.2) is 30.3 Å². The highest BCUT2D eigenvalue weighted by Crippen LogP contribution is 2.14. The van der Waals surface area contributed by atoms with E-state index in [2.05, 4.69) is 15.6 Å². The first-order valence-electron chi connectivity index (χ1n) is 5.84. The molecule has 0 bridgehead atoms. The number of nitrogens with one attached hydrogen (secondary N) is 3. The summed E-state index contributed by atoms with van der Waals surface area (Å²) in [6.45, 7) is 1.10. The van der Waals surface area contributed by atoms with Gasteiger partial charge in [0.15, 0.2) is 0 Å². The van der Waals surface area contributed by atoms with Crippen LogP contribution in [0, 0.1) is 0 Å². The molecule has 0 radical (unpaired) electrons. The average molecular weight is 245 g/mol. The number of carbonyl (C=O) groups excluding carboxylic acids is 2. The van der Waals surface area contributed by atoms with Gasteiger partial charge >= 0.3 is 0 Å². The molecule has 0 aliphatic heterocycles. The van der Waals surface area contributed by atoms with Crippen LogP contribution < -0.4 is 10.6 Å². The van der Waals surface area contributed by atoms with Gasteiger partial charge in [-0.25, -0.2) is 0 Å². The third-order valence-corrected chi connectivity index (χ3v) is 2.64. The van der Waals surface area contributed by atoms with Gasteiger partial charge in [-0.05, 0) is 18.6 Å². The monoisotopic (exact) mass is 245 g/mol. The summed E-state index contributed by atoms with van der Waals surface area (Å²) in [4.78, 5) is 24.9. The number of carbonyl (C=O) groups is 2. The molecule has 1 heterocycles. The van der Waals surface area contributed by atoms with Crippen LogP contribution in [0.5, 0.6) is 0 Å². The summed E-state index contributed by atoms with van der Waals surface area (Å²) in [5.41, 5.74) is 1.50. The van der Waals surface area contributed by atoms with Crippen molar-refractivity contribution in [3.05, 3.63) is 36.0 Å². The van der Waals surface area contributed by atoms with Crippen molar-refractivity contribution in [3.8, 4) is 0 Å². The van der Waals surface area contributed by atoms with E-state index in [-0.39, 0.29) is 5.91 Å². The average Bonchev–Trinajstić information content (AvgIpc) is 2.82. The molecule has 2 rings (SSSR count). The zero-order valence-corrected chi connectivity index (χ0v) is 9.90. The predicted octanol–water partition coefficient (Wildman–Crippen LogP) is 1.03. The molecule has 0 saturated heterocycles. The SMILES string of the molecule is O=CNCCCNC(=O)c1cc2ccccc2[nH]1. The number of amides is 2. The van der Waals surface area contributed by atoms with Crippen LogP contribution in [0.2, 0.25) is 0 Å².